The molecular weight excluding hydrogens is 308 g/mol. The van der Waals surface area contributed by atoms with Crippen molar-refractivity contribution in [1.29, 1.82) is 5.26 Å². The molecule has 2 aromatic rings. The molecule has 0 aliphatic heterocycles. The quantitative estimate of drug-likeness (QED) is 0.501. The Labute approximate surface area is 130 Å². The second-order valence-corrected chi connectivity index (χ2v) is 5.72. The summed E-state index contributed by atoms with van der Waals surface area (Å²) >= 11 is 7.21. The van der Waals surface area contributed by atoms with Crippen molar-refractivity contribution >= 4 is 33.8 Å². The number of hydrogen-bond acceptors (Lipinski definition) is 4. The summed E-state index contributed by atoms with van der Waals surface area (Å²) in [6.45, 7) is 1.30. The summed E-state index contributed by atoms with van der Waals surface area (Å²) in [5, 5.41) is 21.9. The molecule has 1 aromatic heterocycles. The van der Waals surface area contributed by atoms with Crippen LogP contribution in [-0.2, 0) is 4.79 Å². The molecule has 1 aromatic carbocycles. The molecule has 1 heterocycles. The van der Waals surface area contributed by atoms with E-state index in [-0.39, 0.29) is 11.3 Å². The molecule has 0 unspecified atom stereocenters. The highest BCUT2D eigenvalue weighted by Crippen LogP contribution is 2.32. The van der Waals surface area contributed by atoms with E-state index in [4.69, 9.17) is 16.9 Å². The van der Waals surface area contributed by atoms with Crippen LogP contribution in [0, 0.1) is 11.3 Å². The van der Waals surface area contributed by atoms with Gasteiger partial charge in [0.15, 0.2) is 5.57 Å². The molecule has 106 valence electrons. The summed E-state index contributed by atoms with van der Waals surface area (Å²) in [4.78, 5) is 12.8. The van der Waals surface area contributed by atoms with Crippen LogP contribution in [0.3, 0.4) is 0 Å². The smallest absolute Gasteiger partial charge is 0.270 e. The van der Waals surface area contributed by atoms with E-state index in [1.165, 1.54) is 18.3 Å². The van der Waals surface area contributed by atoms with E-state index in [2.05, 4.69) is 5.32 Å². The number of thiophene rings is 1. The molecule has 0 aliphatic rings. The lowest BCUT2D eigenvalue weighted by atomic mass is 10.2. The highest BCUT2D eigenvalue weighted by Gasteiger charge is 2.14. The monoisotopic (exact) mass is 318 g/mol. The molecule has 2 N–H and O–H groups in total. The van der Waals surface area contributed by atoms with E-state index in [0.29, 0.717) is 10.0 Å². The lowest BCUT2D eigenvalue weighted by Crippen LogP contribution is -2.13. The number of anilines is 1. The summed E-state index contributed by atoms with van der Waals surface area (Å²) in [5.74, 6) is -0.925. The van der Waals surface area contributed by atoms with Crippen LogP contribution >= 0.6 is 22.9 Å². The van der Waals surface area contributed by atoms with Gasteiger partial charge in [-0.2, -0.15) is 5.26 Å². The van der Waals surface area contributed by atoms with Crippen LogP contribution in [0.1, 0.15) is 6.92 Å². The number of allylic oxidation sites excluding steroid dienone is 1. The van der Waals surface area contributed by atoms with E-state index in [0.717, 1.165) is 10.4 Å². The van der Waals surface area contributed by atoms with Gasteiger partial charge >= 0.3 is 0 Å². The van der Waals surface area contributed by atoms with E-state index >= 15 is 0 Å². The molecular formula is C15H11ClN2O2S. The van der Waals surface area contributed by atoms with Gasteiger partial charge in [0.2, 0.25) is 0 Å². The van der Waals surface area contributed by atoms with Crippen LogP contribution < -0.4 is 5.32 Å². The lowest BCUT2D eigenvalue weighted by molar-refractivity contribution is -0.112. The van der Waals surface area contributed by atoms with Gasteiger partial charge in [-0.05, 0) is 36.8 Å². The predicted octanol–water partition coefficient (Wildman–Crippen LogP) is 4.36. The van der Waals surface area contributed by atoms with Gasteiger partial charge in [-0.3, -0.25) is 4.79 Å². The zero-order valence-electron chi connectivity index (χ0n) is 11.1. The molecule has 21 heavy (non-hydrogen) atoms. The van der Waals surface area contributed by atoms with Crippen molar-refractivity contribution in [3.8, 4) is 16.5 Å². The Balaban J connectivity index is 2.18. The highest BCUT2D eigenvalue weighted by atomic mass is 35.5. The molecule has 0 atom stereocenters. The summed E-state index contributed by atoms with van der Waals surface area (Å²) in [5.41, 5.74) is 0.690. The Morgan fingerprint density at radius 2 is 1.95 bits per heavy atom. The number of nitrogens with zero attached hydrogens (tertiary/aromatic N) is 1. The van der Waals surface area contributed by atoms with Gasteiger partial charge in [0.05, 0.1) is 5.00 Å². The molecule has 1 amide bonds. The Morgan fingerprint density at radius 3 is 2.52 bits per heavy atom. The molecule has 6 heteroatoms. The maximum atomic E-state index is 11.8. The van der Waals surface area contributed by atoms with Crippen molar-refractivity contribution in [3.63, 3.8) is 0 Å². The molecule has 0 saturated heterocycles. The molecule has 4 nitrogen and oxygen atoms in total. The number of hydrogen-bond donors (Lipinski definition) is 2. The third kappa shape index (κ3) is 3.63. The van der Waals surface area contributed by atoms with Gasteiger partial charge in [0.1, 0.15) is 11.8 Å². The zero-order chi connectivity index (χ0) is 15.4. The van der Waals surface area contributed by atoms with Crippen LogP contribution in [0.2, 0.25) is 5.02 Å². The second kappa shape index (κ2) is 6.44. The van der Waals surface area contributed by atoms with Crippen LogP contribution in [0.4, 0.5) is 5.00 Å². The first kappa shape index (κ1) is 15.1. The molecule has 0 fully saturated rings. The Bertz CT molecular complexity index is 738. The number of carbonyl (C=O) groups is 1. The second-order valence-electron chi connectivity index (χ2n) is 4.20. The Hall–Kier alpha value is -2.29. The number of rotatable bonds is 3. The average Bonchev–Trinajstić information content (AvgIpc) is 2.88. The van der Waals surface area contributed by atoms with Crippen molar-refractivity contribution in [3.05, 3.63) is 52.8 Å². The van der Waals surface area contributed by atoms with Crippen LogP contribution in [-0.4, -0.2) is 11.0 Å². The summed E-state index contributed by atoms with van der Waals surface area (Å²) < 4.78 is 0. The minimum Gasteiger partial charge on any atom is -0.511 e. The first-order chi connectivity index (χ1) is 10.0. The standard InChI is InChI=1S/C15H11ClN2O2S/c1-9(19)12(8-17)15(20)18-14-7-6-13(21-14)10-2-4-11(16)5-3-10/h2-7,19H,1H3,(H,18,20). The topological polar surface area (TPSA) is 73.1 Å². The van der Waals surface area contributed by atoms with Gasteiger partial charge < -0.3 is 10.4 Å². The molecule has 2 rings (SSSR count). The van der Waals surface area contributed by atoms with Crippen LogP contribution in [0.25, 0.3) is 10.4 Å². The molecule has 0 aliphatic carbocycles. The maximum Gasteiger partial charge on any atom is 0.270 e. The first-order valence-electron chi connectivity index (χ1n) is 5.98. The predicted molar refractivity (Wildman–Crippen MR) is 84.3 cm³/mol. The SMILES string of the molecule is CC(O)=C(C#N)C(=O)Nc1ccc(-c2ccc(Cl)cc2)s1. The van der Waals surface area contributed by atoms with Crippen LogP contribution in [0.15, 0.2) is 47.7 Å². The fourth-order valence-electron chi connectivity index (χ4n) is 1.64. The minimum atomic E-state index is -0.623. The number of halogens is 1. The fraction of sp³-hybridized carbons (Fsp3) is 0.0667. The van der Waals surface area contributed by atoms with Gasteiger partial charge in [-0.15, -0.1) is 11.3 Å². The summed E-state index contributed by atoms with van der Waals surface area (Å²) in [6, 6.07) is 12.6. The van der Waals surface area contributed by atoms with E-state index in [1.807, 2.05) is 18.2 Å². The third-order valence-corrected chi connectivity index (χ3v) is 3.97. The summed E-state index contributed by atoms with van der Waals surface area (Å²) in [6.07, 6.45) is 0. The summed E-state index contributed by atoms with van der Waals surface area (Å²) in [7, 11) is 0. The van der Waals surface area contributed by atoms with Crippen molar-refractivity contribution in [2.45, 2.75) is 6.92 Å². The normalized spacial score (nSPS) is 11.5. The van der Waals surface area contributed by atoms with Gasteiger partial charge in [0, 0.05) is 9.90 Å². The number of aliphatic hydroxyl groups is 1. The molecule has 0 bridgehead atoms. The highest BCUT2D eigenvalue weighted by molar-refractivity contribution is 7.19. The lowest BCUT2D eigenvalue weighted by Gasteiger charge is -2.01. The fourth-order valence-corrected chi connectivity index (χ4v) is 2.68. The van der Waals surface area contributed by atoms with Crippen molar-refractivity contribution in [2.24, 2.45) is 0 Å². The number of benzene rings is 1. The number of amides is 1. The Morgan fingerprint density at radius 1 is 1.29 bits per heavy atom. The number of nitriles is 1. The maximum absolute atomic E-state index is 11.8. The Kier molecular flexibility index (Phi) is 4.63. The average molecular weight is 319 g/mol. The van der Waals surface area contributed by atoms with Crippen molar-refractivity contribution in [1.82, 2.24) is 0 Å². The van der Waals surface area contributed by atoms with Crippen molar-refractivity contribution in [2.75, 3.05) is 5.32 Å². The first-order valence-corrected chi connectivity index (χ1v) is 7.18. The van der Waals surface area contributed by atoms with E-state index in [9.17, 15) is 9.90 Å². The van der Waals surface area contributed by atoms with Gasteiger partial charge in [0.25, 0.3) is 5.91 Å². The van der Waals surface area contributed by atoms with Gasteiger partial charge in [-0.25, -0.2) is 0 Å². The van der Waals surface area contributed by atoms with Crippen molar-refractivity contribution < 1.29 is 9.90 Å². The molecule has 0 spiro atoms. The number of nitrogens with one attached hydrogen (secondary N) is 1. The largest absolute Gasteiger partial charge is 0.511 e. The van der Waals surface area contributed by atoms with E-state index in [1.54, 1.807) is 24.3 Å². The van der Waals surface area contributed by atoms with E-state index < -0.39 is 5.91 Å². The van der Waals surface area contributed by atoms with Gasteiger partial charge in [-0.1, -0.05) is 23.7 Å². The number of carbonyl (C=O) groups excluding carboxylic acids is 1. The minimum absolute atomic E-state index is 0.295. The molecule has 0 saturated carbocycles. The third-order valence-electron chi connectivity index (χ3n) is 2.67. The zero-order valence-corrected chi connectivity index (χ0v) is 12.6. The number of aliphatic hydroxyl groups excluding tert-OH is 1. The molecule has 0 radical (unpaired) electrons. The van der Waals surface area contributed by atoms with Crippen LogP contribution in [0.5, 0.6) is 0 Å².